The Morgan fingerprint density at radius 2 is 2.41 bits per heavy atom. The summed E-state index contributed by atoms with van der Waals surface area (Å²) in [4.78, 5) is 1.12. The van der Waals surface area contributed by atoms with Gasteiger partial charge in [-0.1, -0.05) is 17.7 Å². The van der Waals surface area contributed by atoms with E-state index in [9.17, 15) is 0 Å². The zero-order valence-corrected chi connectivity index (χ0v) is 11.6. The Morgan fingerprint density at radius 3 is 3.00 bits per heavy atom. The zero-order valence-electron chi connectivity index (χ0n) is 9.99. The molecule has 94 valence electrons. The molecule has 1 aliphatic heterocycles. The van der Waals surface area contributed by atoms with Crippen LogP contribution in [0.3, 0.4) is 0 Å². The maximum Gasteiger partial charge on any atom is 0.0669 e. The molecule has 2 unspecified atom stereocenters. The van der Waals surface area contributed by atoms with Crippen molar-refractivity contribution in [3.63, 3.8) is 0 Å². The van der Waals surface area contributed by atoms with E-state index in [0.29, 0.717) is 6.10 Å². The number of benzene rings is 1. The average Bonchev–Trinajstić information content (AvgIpc) is 2.80. The van der Waals surface area contributed by atoms with Gasteiger partial charge >= 0.3 is 0 Å². The quantitative estimate of drug-likeness (QED) is 0.850. The number of hydrogen-bond acceptors (Lipinski definition) is 3. The van der Waals surface area contributed by atoms with Gasteiger partial charge in [-0.2, -0.15) is 0 Å². The minimum atomic E-state index is 0.0321. The molecule has 1 fully saturated rings. The van der Waals surface area contributed by atoms with Crippen LogP contribution in [0.2, 0.25) is 5.02 Å². The second-order valence-corrected chi connectivity index (χ2v) is 5.89. The molecule has 1 aromatic carbocycles. The molecule has 1 aromatic rings. The summed E-state index contributed by atoms with van der Waals surface area (Å²) in [7, 11) is 0. The van der Waals surface area contributed by atoms with Crippen LogP contribution < -0.4 is 5.73 Å². The molecule has 0 amide bonds. The Labute approximate surface area is 112 Å². The van der Waals surface area contributed by atoms with Crippen LogP contribution in [0.5, 0.6) is 0 Å². The summed E-state index contributed by atoms with van der Waals surface area (Å²) in [5.41, 5.74) is 6.90. The van der Waals surface area contributed by atoms with Crippen molar-refractivity contribution < 1.29 is 4.74 Å². The van der Waals surface area contributed by atoms with Gasteiger partial charge in [0.15, 0.2) is 0 Å². The lowest BCUT2D eigenvalue weighted by Gasteiger charge is -2.11. The normalized spacial score (nSPS) is 21.7. The summed E-state index contributed by atoms with van der Waals surface area (Å²) in [6.07, 6.45) is 2.75. The third kappa shape index (κ3) is 3.62. The summed E-state index contributed by atoms with van der Waals surface area (Å²) < 4.78 is 5.59. The molecule has 1 aliphatic rings. The van der Waals surface area contributed by atoms with Gasteiger partial charge in [-0.3, -0.25) is 0 Å². The molecule has 0 radical (unpaired) electrons. The molecule has 4 heteroatoms. The number of nitrogens with two attached hydrogens (primary N) is 1. The third-order valence-electron chi connectivity index (χ3n) is 2.93. The SMILES string of the molecule is CC(N)c1ccc(SCC2CCCO2)c(Cl)c1. The lowest BCUT2D eigenvalue weighted by atomic mass is 10.1. The van der Waals surface area contributed by atoms with Crippen molar-refractivity contribution in [2.75, 3.05) is 12.4 Å². The van der Waals surface area contributed by atoms with E-state index in [-0.39, 0.29) is 6.04 Å². The molecule has 0 aromatic heterocycles. The fourth-order valence-electron chi connectivity index (χ4n) is 1.88. The molecule has 2 N–H and O–H groups in total. The molecule has 1 saturated heterocycles. The van der Waals surface area contributed by atoms with Gasteiger partial charge in [0, 0.05) is 23.3 Å². The zero-order chi connectivity index (χ0) is 12.3. The van der Waals surface area contributed by atoms with Crippen molar-refractivity contribution in [2.45, 2.75) is 36.8 Å². The van der Waals surface area contributed by atoms with Crippen LogP contribution in [0, 0.1) is 0 Å². The van der Waals surface area contributed by atoms with Gasteiger partial charge in [-0.05, 0) is 37.5 Å². The summed E-state index contributed by atoms with van der Waals surface area (Å²) >= 11 is 8.01. The van der Waals surface area contributed by atoms with E-state index < -0.39 is 0 Å². The second-order valence-electron chi connectivity index (χ2n) is 4.42. The molecular weight excluding hydrogens is 254 g/mol. The molecular formula is C13H18ClNOS. The number of ether oxygens (including phenoxy) is 1. The van der Waals surface area contributed by atoms with E-state index in [4.69, 9.17) is 22.1 Å². The molecule has 1 heterocycles. The fourth-order valence-corrected chi connectivity index (χ4v) is 3.22. The van der Waals surface area contributed by atoms with Crippen molar-refractivity contribution >= 4 is 23.4 Å². The summed E-state index contributed by atoms with van der Waals surface area (Å²) in [5, 5.41) is 0.794. The van der Waals surface area contributed by atoms with E-state index in [2.05, 4.69) is 6.07 Å². The number of rotatable bonds is 4. The summed E-state index contributed by atoms with van der Waals surface area (Å²) in [6.45, 7) is 2.87. The molecule has 0 spiro atoms. The molecule has 2 atom stereocenters. The predicted molar refractivity (Wildman–Crippen MR) is 73.8 cm³/mol. The second kappa shape index (κ2) is 6.10. The van der Waals surface area contributed by atoms with E-state index in [0.717, 1.165) is 27.8 Å². The van der Waals surface area contributed by atoms with E-state index in [1.807, 2.05) is 19.1 Å². The van der Waals surface area contributed by atoms with Crippen molar-refractivity contribution in [2.24, 2.45) is 5.73 Å². The monoisotopic (exact) mass is 271 g/mol. The van der Waals surface area contributed by atoms with Crippen molar-refractivity contribution in [3.05, 3.63) is 28.8 Å². The average molecular weight is 272 g/mol. The molecule has 17 heavy (non-hydrogen) atoms. The highest BCUT2D eigenvalue weighted by atomic mass is 35.5. The van der Waals surface area contributed by atoms with E-state index in [1.165, 1.54) is 12.8 Å². The van der Waals surface area contributed by atoms with Gasteiger partial charge < -0.3 is 10.5 Å². The van der Waals surface area contributed by atoms with Crippen LogP contribution in [0.15, 0.2) is 23.1 Å². The van der Waals surface area contributed by atoms with Crippen molar-refractivity contribution in [1.82, 2.24) is 0 Å². The first-order valence-electron chi connectivity index (χ1n) is 5.96. The highest BCUT2D eigenvalue weighted by Gasteiger charge is 2.16. The van der Waals surface area contributed by atoms with E-state index in [1.54, 1.807) is 11.8 Å². The highest BCUT2D eigenvalue weighted by Crippen LogP contribution is 2.31. The Balaban J connectivity index is 1.96. The van der Waals surface area contributed by atoms with Crippen LogP contribution >= 0.6 is 23.4 Å². The summed E-state index contributed by atoms with van der Waals surface area (Å²) in [5.74, 6) is 0.983. The third-order valence-corrected chi connectivity index (χ3v) is 4.56. The standard InChI is InChI=1S/C13H18ClNOS/c1-9(15)10-4-5-13(12(14)7-10)17-8-11-3-2-6-16-11/h4-5,7,9,11H,2-3,6,8,15H2,1H3. The molecule has 0 aliphatic carbocycles. The molecule has 2 rings (SSSR count). The molecule has 0 saturated carbocycles. The van der Waals surface area contributed by atoms with Gasteiger partial charge in [0.1, 0.15) is 0 Å². The van der Waals surface area contributed by atoms with Crippen LogP contribution in [-0.2, 0) is 4.74 Å². The van der Waals surface area contributed by atoms with Gasteiger partial charge in [0.25, 0.3) is 0 Å². The highest BCUT2D eigenvalue weighted by molar-refractivity contribution is 7.99. The lowest BCUT2D eigenvalue weighted by Crippen LogP contribution is -2.08. The van der Waals surface area contributed by atoms with Crippen LogP contribution in [-0.4, -0.2) is 18.5 Å². The first-order chi connectivity index (χ1) is 8.16. The number of halogens is 1. The van der Waals surface area contributed by atoms with Gasteiger partial charge in [-0.25, -0.2) is 0 Å². The minimum Gasteiger partial charge on any atom is -0.377 e. The molecule has 2 nitrogen and oxygen atoms in total. The van der Waals surface area contributed by atoms with Gasteiger partial charge in [-0.15, -0.1) is 11.8 Å². The molecule has 0 bridgehead atoms. The minimum absolute atomic E-state index is 0.0321. The van der Waals surface area contributed by atoms with Crippen LogP contribution in [0.25, 0.3) is 0 Å². The Morgan fingerprint density at radius 1 is 1.59 bits per heavy atom. The number of hydrogen-bond donors (Lipinski definition) is 1. The van der Waals surface area contributed by atoms with Crippen molar-refractivity contribution in [1.29, 1.82) is 0 Å². The smallest absolute Gasteiger partial charge is 0.0669 e. The predicted octanol–water partition coefficient (Wildman–Crippen LogP) is 3.63. The largest absolute Gasteiger partial charge is 0.377 e. The first-order valence-corrected chi connectivity index (χ1v) is 7.32. The first kappa shape index (κ1) is 13.2. The Hall–Kier alpha value is -0.220. The Kier molecular flexibility index (Phi) is 4.74. The maximum atomic E-state index is 6.24. The van der Waals surface area contributed by atoms with Crippen LogP contribution in [0.1, 0.15) is 31.4 Å². The summed E-state index contributed by atoms with van der Waals surface area (Å²) in [6, 6.07) is 6.10. The van der Waals surface area contributed by atoms with Crippen LogP contribution in [0.4, 0.5) is 0 Å². The van der Waals surface area contributed by atoms with Crippen molar-refractivity contribution in [3.8, 4) is 0 Å². The number of thioether (sulfide) groups is 1. The Bertz CT molecular complexity index is 378. The van der Waals surface area contributed by atoms with Gasteiger partial charge in [0.2, 0.25) is 0 Å². The fraction of sp³-hybridized carbons (Fsp3) is 0.538. The topological polar surface area (TPSA) is 35.2 Å². The maximum absolute atomic E-state index is 6.24. The van der Waals surface area contributed by atoms with Gasteiger partial charge in [0.05, 0.1) is 11.1 Å². The lowest BCUT2D eigenvalue weighted by molar-refractivity contribution is 0.129. The van der Waals surface area contributed by atoms with E-state index >= 15 is 0 Å².